The maximum atomic E-state index is 9.22. The van der Waals surface area contributed by atoms with Gasteiger partial charge in [-0.3, -0.25) is 4.68 Å². The normalized spacial score (nSPS) is 10.5. The van der Waals surface area contributed by atoms with Crippen LogP contribution in [0.1, 0.15) is 11.4 Å². The summed E-state index contributed by atoms with van der Waals surface area (Å²) in [5.41, 5.74) is 0.738. The van der Waals surface area contributed by atoms with Crippen molar-refractivity contribution in [2.75, 3.05) is 0 Å². The van der Waals surface area contributed by atoms with Crippen LogP contribution in [0.15, 0.2) is 29.0 Å². The summed E-state index contributed by atoms with van der Waals surface area (Å²) in [5.74, 6) is 1.38. The van der Waals surface area contributed by atoms with Crippen LogP contribution >= 0.6 is 15.9 Å². The van der Waals surface area contributed by atoms with Crippen LogP contribution in [0.4, 0.5) is 0 Å². The highest BCUT2D eigenvalue weighted by Crippen LogP contribution is 2.23. The fourth-order valence-electron chi connectivity index (χ4n) is 1.41. The lowest BCUT2D eigenvalue weighted by molar-refractivity contribution is 0.253. The molecular formula is C11H12BrN3O2. The Morgan fingerprint density at radius 1 is 1.47 bits per heavy atom. The second-order valence-corrected chi connectivity index (χ2v) is 4.41. The van der Waals surface area contributed by atoms with E-state index in [0.717, 1.165) is 15.9 Å². The Labute approximate surface area is 107 Å². The summed E-state index contributed by atoms with van der Waals surface area (Å²) in [6.07, 6.45) is 1.48. The number of ether oxygens (including phenoxy) is 1. The number of aryl methyl sites for hydroxylation is 1. The molecule has 0 saturated heterocycles. The topological polar surface area (TPSA) is 60.2 Å². The van der Waals surface area contributed by atoms with E-state index >= 15 is 0 Å². The molecule has 0 bridgehead atoms. The first kappa shape index (κ1) is 12.1. The van der Waals surface area contributed by atoms with Gasteiger partial charge in [-0.15, -0.1) is 0 Å². The maximum Gasteiger partial charge on any atom is 0.164 e. The molecule has 0 unspecified atom stereocenters. The molecule has 0 aliphatic rings. The van der Waals surface area contributed by atoms with E-state index in [1.807, 2.05) is 18.2 Å². The second kappa shape index (κ2) is 5.29. The molecule has 1 heterocycles. The number of rotatable bonds is 4. The first-order valence-electron chi connectivity index (χ1n) is 5.05. The van der Waals surface area contributed by atoms with Crippen LogP contribution in [-0.2, 0) is 20.3 Å². The standard InChI is InChI=1S/C11H12BrN3O2/c1-15-11(13-7-14-15)6-17-10-3-2-9(12)4-8(10)5-16/h2-4,7,16H,5-6H2,1H3. The van der Waals surface area contributed by atoms with Gasteiger partial charge in [0.15, 0.2) is 5.82 Å². The van der Waals surface area contributed by atoms with Crippen LogP contribution in [-0.4, -0.2) is 19.9 Å². The molecular weight excluding hydrogens is 286 g/mol. The Morgan fingerprint density at radius 2 is 2.29 bits per heavy atom. The largest absolute Gasteiger partial charge is 0.485 e. The van der Waals surface area contributed by atoms with Gasteiger partial charge in [0, 0.05) is 17.1 Å². The predicted molar refractivity (Wildman–Crippen MR) is 65.4 cm³/mol. The quantitative estimate of drug-likeness (QED) is 0.932. The minimum atomic E-state index is -0.0619. The van der Waals surface area contributed by atoms with Gasteiger partial charge in [-0.1, -0.05) is 15.9 Å². The molecule has 0 atom stereocenters. The highest BCUT2D eigenvalue weighted by Gasteiger charge is 2.06. The number of benzene rings is 1. The predicted octanol–water partition coefficient (Wildman–Crippen LogP) is 1.65. The van der Waals surface area contributed by atoms with E-state index in [4.69, 9.17) is 4.74 Å². The zero-order chi connectivity index (χ0) is 12.3. The van der Waals surface area contributed by atoms with Gasteiger partial charge < -0.3 is 9.84 Å². The Hall–Kier alpha value is -1.40. The summed E-state index contributed by atoms with van der Waals surface area (Å²) in [7, 11) is 1.81. The van der Waals surface area contributed by atoms with Crippen LogP contribution in [0, 0.1) is 0 Å². The van der Waals surface area contributed by atoms with E-state index in [1.54, 1.807) is 11.7 Å². The van der Waals surface area contributed by atoms with Gasteiger partial charge in [0.05, 0.1) is 6.61 Å². The molecule has 2 rings (SSSR count). The van der Waals surface area contributed by atoms with Gasteiger partial charge in [0.25, 0.3) is 0 Å². The summed E-state index contributed by atoms with van der Waals surface area (Å²) in [5, 5.41) is 13.2. The van der Waals surface area contributed by atoms with Crippen molar-refractivity contribution in [1.82, 2.24) is 14.8 Å². The molecule has 0 aliphatic carbocycles. The van der Waals surface area contributed by atoms with Crippen LogP contribution in [0.25, 0.3) is 0 Å². The number of hydrogen-bond donors (Lipinski definition) is 1. The number of halogens is 1. The Balaban J connectivity index is 2.11. The summed E-state index contributed by atoms with van der Waals surface area (Å²) >= 11 is 3.35. The Morgan fingerprint density at radius 3 is 2.94 bits per heavy atom. The minimum Gasteiger partial charge on any atom is -0.485 e. The molecule has 0 fully saturated rings. The van der Waals surface area contributed by atoms with E-state index in [9.17, 15) is 5.11 Å². The van der Waals surface area contributed by atoms with Gasteiger partial charge in [-0.05, 0) is 18.2 Å². The first-order valence-corrected chi connectivity index (χ1v) is 5.85. The van der Waals surface area contributed by atoms with Crippen molar-refractivity contribution < 1.29 is 9.84 Å². The van der Waals surface area contributed by atoms with Crippen LogP contribution in [0.5, 0.6) is 5.75 Å². The first-order chi connectivity index (χ1) is 8.20. The second-order valence-electron chi connectivity index (χ2n) is 3.50. The molecule has 1 aromatic carbocycles. The summed E-state index contributed by atoms with van der Waals surface area (Å²) in [6.45, 7) is 0.263. The Bertz CT molecular complexity index is 513. The molecule has 0 spiro atoms. The maximum absolute atomic E-state index is 9.22. The fraction of sp³-hybridized carbons (Fsp3) is 0.273. The molecule has 1 N–H and O–H groups in total. The third-order valence-electron chi connectivity index (χ3n) is 2.35. The fourth-order valence-corrected chi connectivity index (χ4v) is 1.81. The van der Waals surface area contributed by atoms with Crippen molar-refractivity contribution >= 4 is 15.9 Å². The van der Waals surface area contributed by atoms with E-state index in [0.29, 0.717) is 12.4 Å². The van der Waals surface area contributed by atoms with Crippen LogP contribution in [0.2, 0.25) is 0 Å². The van der Waals surface area contributed by atoms with Gasteiger partial charge in [-0.2, -0.15) is 5.10 Å². The van der Waals surface area contributed by atoms with Crippen molar-refractivity contribution in [3.05, 3.63) is 40.4 Å². The monoisotopic (exact) mass is 297 g/mol. The molecule has 5 nitrogen and oxygen atoms in total. The average molecular weight is 298 g/mol. The minimum absolute atomic E-state index is 0.0619. The lowest BCUT2D eigenvalue weighted by Gasteiger charge is -2.09. The number of aliphatic hydroxyl groups is 1. The Kier molecular flexibility index (Phi) is 3.75. The molecule has 0 saturated carbocycles. The smallest absolute Gasteiger partial charge is 0.164 e. The number of hydrogen-bond acceptors (Lipinski definition) is 4. The van der Waals surface area contributed by atoms with Gasteiger partial charge in [0.1, 0.15) is 18.7 Å². The summed E-state index contributed by atoms with van der Waals surface area (Å²) in [4.78, 5) is 4.06. The zero-order valence-electron chi connectivity index (χ0n) is 9.30. The van der Waals surface area contributed by atoms with Gasteiger partial charge >= 0.3 is 0 Å². The molecule has 0 aliphatic heterocycles. The molecule has 2 aromatic rings. The average Bonchev–Trinajstić information content (AvgIpc) is 2.73. The molecule has 6 heteroatoms. The number of aromatic nitrogens is 3. The third kappa shape index (κ3) is 2.83. The molecule has 0 amide bonds. The lowest BCUT2D eigenvalue weighted by atomic mass is 10.2. The van der Waals surface area contributed by atoms with Crippen molar-refractivity contribution in [2.45, 2.75) is 13.2 Å². The summed E-state index contributed by atoms with van der Waals surface area (Å²) < 4.78 is 8.16. The van der Waals surface area contributed by atoms with Gasteiger partial charge in [-0.25, -0.2) is 4.98 Å². The van der Waals surface area contributed by atoms with Crippen molar-refractivity contribution in [3.8, 4) is 5.75 Å². The van der Waals surface area contributed by atoms with Crippen molar-refractivity contribution in [1.29, 1.82) is 0 Å². The zero-order valence-corrected chi connectivity index (χ0v) is 10.9. The molecule has 0 radical (unpaired) electrons. The van der Waals surface area contributed by atoms with E-state index in [-0.39, 0.29) is 6.61 Å². The van der Waals surface area contributed by atoms with E-state index in [1.165, 1.54) is 6.33 Å². The van der Waals surface area contributed by atoms with Crippen molar-refractivity contribution in [2.24, 2.45) is 7.05 Å². The molecule has 1 aromatic heterocycles. The lowest BCUT2D eigenvalue weighted by Crippen LogP contribution is -2.05. The van der Waals surface area contributed by atoms with E-state index in [2.05, 4.69) is 26.0 Å². The van der Waals surface area contributed by atoms with Crippen molar-refractivity contribution in [3.63, 3.8) is 0 Å². The molecule has 17 heavy (non-hydrogen) atoms. The van der Waals surface area contributed by atoms with Crippen LogP contribution < -0.4 is 4.74 Å². The van der Waals surface area contributed by atoms with Crippen LogP contribution in [0.3, 0.4) is 0 Å². The number of nitrogens with zero attached hydrogens (tertiary/aromatic N) is 3. The van der Waals surface area contributed by atoms with Gasteiger partial charge in [0.2, 0.25) is 0 Å². The highest BCUT2D eigenvalue weighted by molar-refractivity contribution is 9.10. The van der Waals surface area contributed by atoms with E-state index < -0.39 is 0 Å². The summed E-state index contributed by atoms with van der Waals surface area (Å²) in [6, 6.07) is 5.50. The SMILES string of the molecule is Cn1ncnc1COc1ccc(Br)cc1CO. The number of aliphatic hydroxyl groups excluding tert-OH is 1. The molecule has 90 valence electrons. The third-order valence-corrected chi connectivity index (χ3v) is 2.85. The highest BCUT2D eigenvalue weighted by atomic mass is 79.9.